The molecular formula is C24H27N3OS. The highest BCUT2D eigenvalue weighted by atomic mass is 32.1. The predicted molar refractivity (Wildman–Crippen MR) is 119 cm³/mol. The van der Waals surface area contributed by atoms with E-state index in [1.54, 1.807) is 0 Å². The Bertz CT molecular complexity index is 954. The highest BCUT2D eigenvalue weighted by molar-refractivity contribution is 7.13. The molecule has 150 valence electrons. The summed E-state index contributed by atoms with van der Waals surface area (Å²) in [5.74, 6) is 0.452. The van der Waals surface area contributed by atoms with E-state index in [2.05, 4.69) is 64.6 Å². The first-order valence-corrected chi connectivity index (χ1v) is 11.1. The summed E-state index contributed by atoms with van der Waals surface area (Å²) >= 11 is 1.53. The molecule has 2 heterocycles. The zero-order chi connectivity index (χ0) is 20.1. The zero-order valence-corrected chi connectivity index (χ0v) is 17.6. The molecule has 2 aromatic carbocycles. The fourth-order valence-corrected chi connectivity index (χ4v) is 4.75. The summed E-state index contributed by atoms with van der Waals surface area (Å²) in [5, 5.41) is 5.86. The van der Waals surface area contributed by atoms with Gasteiger partial charge in [0.15, 0.2) is 0 Å². The standard InChI is InChI=1S/C24H27N3OS/c1-18-7-5-6-10-21(18)24-26-22(17-29-24)23(28)25-15-20-12-14-27(16-20)13-11-19-8-3-2-4-9-19/h2-10,17,20H,11-16H2,1H3,(H,25,28). The van der Waals surface area contributed by atoms with Gasteiger partial charge in [0.25, 0.3) is 5.91 Å². The SMILES string of the molecule is Cc1ccccc1-c1nc(C(=O)NCC2CCN(CCc3ccccc3)C2)cs1. The number of aryl methyl sites for hydroxylation is 1. The molecule has 0 bridgehead atoms. The predicted octanol–water partition coefficient (Wildman–Crippen LogP) is 4.41. The van der Waals surface area contributed by atoms with Crippen molar-refractivity contribution in [2.24, 2.45) is 5.92 Å². The second-order valence-corrected chi connectivity index (χ2v) is 8.61. The molecule has 0 radical (unpaired) electrons. The second kappa shape index (κ2) is 9.33. The van der Waals surface area contributed by atoms with Crippen molar-refractivity contribution in [3.63, 3.8) is 0 Å². The van der Waals surface area contributed by atoms with Gasteiger partial charge < -0.3 is 10.2 Å². The number of aromatic nitrogens is 1. The van der Waals surface area contributed by atoms with E-state index < -0.39 is 0 Å². The van der Waals surface area contributed by atoms with Crippen LogP contribution in [0.4, 0.5) is 0 Å². The van der Waals surface area contributed by atoms with Gasteiger partial charge in [0.2, 0.25) is 0 Å². The fraction of sp³-hybridized carbons (Fsp3) is 0.333. The lowest BCUT2D eigenvalue weighted by Gasteiger charge is -2.16. The minimum atomic E-state index is -0.0659. The van der Waals surface area contributed by atoms with E-state index in [1.807, 2.05) is 17.5 Å². The van der Waals surface area contributed by atoms with Gasteiger partial charge in [-0.05, 0) is 43.4 Å². The van der Waals surface area contributed by atoms with Gasteiger partial charge in [-0.2, -0.15) is 0 Å². The molecule has 5 heteroatoms. The summed E-state index contributed by atoms with van der Waals surface area (Å²) in [6.45, 7) is 6.04. The molecule has 0 aliphatic carbocycles. The highest BCUT2D eigenvalue weighted by Gasteiger charge is 2.23. The van der Waals surface area contributed by atoms with Crippen molar-refractivity contribution >= 4 is 17.2 Å². The molecule has 1 aromatic heterocycles. The molecule has 3 aromatic rings. The Hall–Kier alpha value is -2.50. The molecule has 1 amide bonds. The number of carbonyl (C=O) groups is 1. The number of benzene rings is 2. The average Bonchev–Trinajstić information content (AvgIpc) is 3.41. The van der Waals surface area contributed by atoms with Gasteiger partial charge in [-0.15, -0.1) is 11.3 Å². The molecule has 1 atom stereocenters. The lowest BCUT2D eigenvalue weighted by atomic mass is 10.1. The van der Waals surface area contributed by atoms with Crippen LogP contribution in [0.1, 0.15) is 28.0 Å². The van der Waals surface area contributed by atoms with Gasteiger partial charge in [0.05, 0.1) is 0 Å². The third-order valence-electron chi connectivity index (χ3n) is 5.59. The van der Waals surface area contributed by atoms with Crippen LogP contribution in [0, 0.1) is 12.8 Å². The third-order valence-corrected chi connectivity index (χ3v) is 6.47. The van der Waals surface area contributed by atoms with Gasteiger partial charge in [-0.3, -0.25) is 4.79 Å². The number of amides is 1. The van der Waals surface area contributed by atoms with E-state index in [9.17, 15) is 4.79 Å². The lowest BCUT2D eigenvalue weighted by molar-refractivity contribution is 0.0943. The number of hydrogen-bond acceptors (Lipinski definition) is 4. The van der Waals surface area contributed by atoms with Crippen LogP contribution in [0.25, 0.3) is 10.6 Å². The van der Waals surface area contributed by atoms with Gasteiger partial charge in [-0.25, -0.2) is 4.98 Å². The highest BCUT2D eigenvalue weighted by Crippen LogP contribution is 2.26. The Labute approximate surface area is 176 Å². The summed E-state index contributed by atoms with van der Waals surface area (Å²) in [4.78, 5) is 19.6. The number of hydrogen-bond donors (Lipinski definition) is 1. The number of likely N-dealkylation sites (tertiary alicyclic amines) is 1. The van der Waals surface area contributed by atoms with Gasteiger partial charge in [0.1, 0.15) is 10.7 Å². The Morgan fingerprint density at radius 3 is 2.79 bits per heavy atom. The number of rotatable bonds is 7. The first-order chi connectivity index (χ1) is 14.2. The number of nitrogens with zero attached hydrogens (tertiary/aromatic N) is 2. The minimum absolute atomic E-state index is 0.0659. The molecule has 4 rings (SSSR count). The number of thiazole rings is 1. The van der Waals surface area contributed by atoms with Gasteiger partial charge in [-0.1, -0.05) is 54.6 Å². The van der Waals surface area contributed by atoms with E-state index in [1.165, 1.54) is 22.5 Å². The van der Waals surface area contributed by atoms with Crippen LogP contribution in [-0.2, 0) is 6.42 Å². The van der Waals surface area contributed by atoms with Crippen molar-refractivity contribution in [3.05, 3.63) is 76.8 Å². The Kier molecular flexibility index (Phi) is 6.37. The minimum Gasteiger partial charge on any atom is -0.350 e. The first kappa shape index (κ1) is 19.8. The summed E-state index contributed by atoms with van der Waals surface area (Å²) < 4.78 is 0. The van der Waals surface area contributed by atoms with Crippen LogP contribution < -0.4 is 5.32 Å². The van der Waals surface area contributed by atoms with Crippen molar-refractivity contribution in [1.82, 2.24) is 15.2 Å². The molecule has 1 N–H and O–H groups in total. The van der Waals surface area contributed by atoms with Crippen LogP contribution in [0.3, 0.4) is 0 Å². The molecule has 4 nitrogen and oxygen atoms in total. The summed E-state index contributed by atoms with van der Waals surface area (Å²) in [6.07, 6.45) is 2.22. The molecule has 1 unspecified atom stereocenters. The zero-order valence-electron chi connectivity index (χ0n) is 16.8. The van der Waals surface area contributed by atoms with E-state index in [4.69, 9.17) is 0 Å². The average molecular weight is 406 g/mol. The Morgan fingerprint density at radius 2 is 1.97 bits per heavy atom. The van der Waals surface area contributed by atoms with Crippen molar-refractivity contribution in [2.45, 2.75) is 19.8 Å². The first-order valence-electron chi connectivity index (χ1n) is 10.2. The number of nitrogens with one attached hydrogen (secondary N) is 1. The van der Waals surface area contributed by atoms with Gasteiger partial charge >= 0.3 is 0 Å². The molecular weight excluding hydrogens is 378 g/mol. The Balaban J connectivity index is 1.25. The van der Waals surface area contributed by atoms with E-state index in [0.29, 0.717) is 11.6 Å². The molecule has 29 heavy (non-hydrogen) atoms. The van der Waals surface area contributed by atoms with Crippen molar-refractivity contribution < 1.29 is 4.79 Å². The van der Waals surface area contributed by atoms with Crippen LogP contribution in [-0.4, -0.2) is 42.0 Å². The summed E-state index contributed by atoms with van der Waals surface area (Å²) in [6, 6.07) is 18.8. The topological polar surface area (TPSA) is 45.2 Å². The molecule has 1 aliphatic rings. The maximum atomic E-state index is 12.5. The monoisotopic (exact) mass is 405 g/mol. The molecule has 0 saturated carbocycles. The lowest BCUT2D eigenvalue weighted by Crippen LogP contribution is -2.31. The molecule has 1 fully saturated rings. The summed E-state index contributed by atoms with van der Waals surface area (Å²) in [7, 11) is 0. The van der Waals surface area contributed by atoms with Crippen molar-refractivity contribution in [3.8, 4) is 10.6 Å². The van der Waals surface area contributed by atoms with Crippen LogP contribution >= 0.6 is 11.3 Å². The number of carbonyl (C=O) groups excluding carboxylic acids is 1. The van der Waals surface area contributed by atoms with Crippen molar-refractivity contribution in [1.29, 1.82) is 0 Å². The van der Waals surface area contributed by atoms with Crippen LogP contribution in [0.2, 0.25) is 0 Å². The maximum absolute atomic E-state index is 12.5. The maximum Gasteiger partial charge on any atom is 0.270 e. The van der Waals surface area contributed by atoms with Crippen molar-refractivity contribution in [2.75, 3.05) is 26.2 Å². The normalized spacial score (nSPS) is 16.8. The summed E-state index contributed by atoms with van der Waals surface area (Å²) in [5.41, 5.74) is 4.18. The largest absolute Gasteiger partial charge is 0.350 e. The van der Waals surface area contributed by atoms with Crippen LogP contribution in [0.15, 0.2) is 60.0 Å². The smallest absolute Gasteiger partial charge is 0.270 e. The third kappa shape index (κ3) is 5.11. The van der Waals surface area contributed by atoms with Crippen LogP contribution in [0.5, 0.6) is 0 Å². The van der Waals surface area contributed by atoms with E-state index in [-0.39, 0.29) is 5.91 Å². The van der Waals surface area contributed by atoms with E-state index >= 15 is 0 Å². The molecule has 0 spiro atoms. The molecule has 1 aliphatic heterocycles. The van der Waals surface area contributed by atoms with Gasteiger partial charge in [0, 0.05) is 30.6 Å². The quantitative estimate of drug-likeness (QED) is 0.633. The fourth-order valence-electron chi connectivity index (χ4n) is 3.86. The second-order valence-electron chi connectivity index (χ2n) is 7.75. The Morgan fingerprint density at radius 1 is 1.17 bits per heavy atom. The molecule has 1 saturated heterocycles. The van der Waals surface area contributed by atoms with E-state index in [0.717, 1.165) is 49.6 Å².